The number of H-pyrrole nitrogens is 1. The van der Waals surface area contributed by atoms with Gasteiger partial charge in [-0.25, -0.2) is 15.0 Å². The number of aromatic amines is 1. The summed E-state index contributed by atoms with van der Waals surface area (Å²) in [7, 11) is 1.89. The van der Waals surface area contributed by atoms with E-state index in [1.54, 1.807) is 6.33 Å². The first-order valence-corrected chi connectivity index (χ1v) is 6.88. The van der Waals surface area contributed by atoms with E-state index in [4.69, 9.17) is 0 Å². The summed E-state index contributed by atoms with van der Waals surface area (Å²) in [4.78, 5) is 32.0. The Labute approximate surface area is 116 Å². The fourth-order valence-electron chi connectivity index (χ4n) is 3.36. The number of rotatable bonds is 1. The van der Waals surface area contributed by atoms with Crippen LogP contribution in [0.15, 0.2) is 12.7 Å². The Morgan fingerprint density at radius 3 is 3.10 bits per heavy atom. The SMILES string of the molecule is CN1CC[C@@H]2CN(c3ncnc4nc[nH]c34)C[C@@H]2C1=O. The van der Waals surface area contributed by atoms with Gasteiger partial charge in [-0.2, -0.15) is 0 Å². The Hall–Kier alpha value is -2.18. The lowest BCUT2D eigenvalue weighted by Gasteiger charge is -2.30. The number of hydrogen-bond acceptors (Lipinski definition) is 5. The van der Waals surface area contributed by atoms with Gasteiger partial charge in [-0.05, 0) is 12.3 Å². The van der Waals surface area contributed by atoms with E-state index >= 15 is 0 Å². The number of nitrogens with zero attached hydrogens (tertiary/aromatic N) is 5. The number of imidazole rings is 1. The van der Waals surface area contributed by atoms with Crippen LogP contribution >= 0.6 is 0 Å². The Morgan fingerprint density at radius 2 is 2.20 bits per heavy atom. The highest BCUT2D eigenvalue weighted by atomic mass is 16.2. The van der Waals surface area contributed by atoms with Gasteiger partial charge in [0.15, 0.2) is 11.5 Å². The standard InChI is InChI=1S/C13H16N6O/c1-18-3-2-8-4-19(5-9(8)13(18)20)12-10-11(15-6-14-10)16-7-17-12/h6-9H,2-5H2,1H3,(H,14,15,16,17)/t8-,9+/m1/s1. The number of likely N-dealkylation sites (tertiary alicyclic amines) is 1. The fourth-order valence-corrected chi connectivity index (χ4v) is 3.36. The number of nitrogens with one attached hydrogen (secondary N) is 1. The molecule has 2 saturated heterocycles. The summed E-state index contributed by atoms with van der Waals surface area (Å²) >= 11 is 0. The molecule has 0 unspecified atom stereocenters. The zero-order valence-electron chi connectivity index (χ0n) is 11.3. The molecule has 1 amide bonds. The fraction of sp³-hybridized carbons (Fsp3) is 0.538. The summed E-state index contributed by atoms with van der Waals surface area (Å²) in [5, 5.41) is 0. The van der Waals surface area contributed by atoms with Crippen molar-refractivity contribution in [2.24, 2.45) is 11.8 Å². The van der Waals surface area contributed by atoms with Gasteiger partial charge in [0, 0.05) is 26.7 Å². The second-order valence-electron chi connectivity index (χ2n) is 5.62. The molecule has 4 rings (SSSR count). The lowest BCUT2D eigenvalue weighted by atomic mass is 9.88. The van der Waals surface area contributed by atoms with Gasteiger partial charge in [-0.1, -0.05) is 0 Å². The van der Waals surface area contributed by atoms with Crippen LogP contribution in [0.5, 0.6) is 0 Å². The quantitative estimate of drug-likeness (QED) is 0.806. The molecule has 7 nitrogen and oxygen atoms in total. The summed E-state index contributed by atoms with van der Waals surface area (Å²) in [6.45, 7) is 2.48. The van der Waals surface area contributed by atoms with E-state index in [0.717, 1.165) is 37.4 Å². The topological polar surface area (TPSA) is 78.0 Å². The minimum atomic E-state index is 0.0988. The Morgan fingerprint density at radius 1 is 1.30 bits per heavy atom. The largest absolute Gasteiger partial charge is 0.354 e. The van der Waals surface area contributed by atoms with Crippen molar-refractivity contribution in [1.82, 2.24) is 24.8 Å². The van der Waals surface area contributed by atoms with E-state index in [2.05, 4.69) is 24.8 Å². The van der Waals surface area contributed by atoms with Gasteiger partial charge in [0.25, 0.3) is 0 Å². The molecular formula is C13H16N6O. The number of amides is 1. The summed E-state index contributed by atoms with van der Waals surface area (Å²) in [5.74, 6) is 1.66. The highest BCUT2D eigenvalue weighted by Crippen LogP contribution is 2.35. The maximum absolute atomic E-state index is 12.2. The minimum Gasteiger partial charge on any atom is -0.354 e. The molecule has 20 heavy (non-hydrogen) atoms. The van der Waals surface area contributed by atoms with Crippen LogP contribution in [-0.4, -0.2) is 57.4 Å². The number of piperidine rings is 1. The average Bonchev–Trinajstić information content (AvgIpc) is 3.09. The minimum absolute atomic E-state index is 0.0988. The molecule has 0 saturated carbocycles. The van der Waals surface area contributed by atoms with Crippen molar-refractivity contribution < 1.29 is 4.79 Å². The third kappa shape index (κ3) is 1.59. The predicted molar refractivity (Wildman–Crippen MR) is 73.1 cm³/mol. The lowest BCUT2D eigenvalue weighted by molar-refractivity contribution is -0.137. The smallest absolute Gasteiger partial charge is 0.227 e. The molecule has 4 heterocycles. The molecule has 1 N–H and O–H groups in total. The van der Waals surface area contributed by atoms with Gasteiger partial charge in [-0.3, -0.25) is 4.79 Å². The van der Waals surface area contributed by atoms with Crippen LogP contribution in [-0.2, 0) is 4.79 Å². The summed E-state index contributed by atoms with van der Waals surface area (Å²) in [6.07, 6.45) is 4.24. The molecule has 2 aliphatic rings. The van der Waals surface area contributed by atoms with E-state index in [0.29, 0.717) is 11.6 Å². The van der Waals surface area contributed by atoms with Crippen LogP contribution in [0, 0.1) is 11.8 Å². The number of carbonyl (C=O) groups is 1. The molecule has 0 aliphatic carbocycles. The molecule has 2 aromatic rings. The number of carbonyl (C=O) groups excluding carboxylic acids is 1. The summed E-state index contributed by atoms with van der Waals surface area (Å²) < 4.78 is 0. The first-order chi connectivity index (χ1) is 9.74. The van der Waals surface area contributed by atoms with Crippen molar-refractivity contribution >= 4 is 22.9 Å². The van der Waals surface area contributed by atoms with Gasteiger partial charge in [0.2, 0.25) is 5.91 Å². The van der Waals surface area contributed by atoms with Gasteiger partial charge >= 0.3 is 0 Å². The first-order valence-electron chi connectivity index (χ1n) is 6.88. The van der Waals surface area contributed by atoms with Gasteiger partial charge < -0.3 is 14.8 Å². The van der Waals surface area contributed by atoms with Crippen molar-refractivity contribution in [1.29, 1.82) is 0 Å². The maximum Gasteiger partial charge on any atom is 0.227 e. The van der Waals surface area contributed by atoms with E-state index in [-0.39, 0.29) is 11.8 Å². The molecule has 0 spiro atoms. The molecule has 104 valence electrons. The molecular weight excluding hydrogens is 256 g/mol. The molecule has 2 atom stereocenters. The summed E-state index contributed by atoms with van der Waals surface area (Å²) in [6, 6.07) is 0. The average molecular weight is 272 g/mol. The molecule has 0 bridgehead atoms. The lowest BCUT2D eigenvalue weighted by Crippen LogP contribution is -2.42. The van der Waals surface area contributed by atoms with Crippen LogP contribution in [0.25, 0.3) is 11.2 Å². The van der Waals surface area contributed by atoms with Crippen LogP contribution < -0.4 is 4.90 Å². The van der Waals surface area contributed by atoms with Crippen molar-refractivity contribution in [3.8, 4) is 0 Å². The van der Waals surface area contributed by atoms with Gasteiger partial charge in [0.1, 0.15) is 11.8 Å². The van der Waals surface area contributed by atoms with Crippen molar-refractivity contribution in [3.05, 3.63) is 12.7 Å². The summed E-state index contributed by atoms with van der Waals surface area (Å²) in [5.41, 5.74) is 1.53. The zero-order chi connectivity index (χ0) is 13.7. The maximum atomic E-state index is 12.2. The molecule has 7 heteroatoms. The second kappa shape index (κ2) is 4.16. The molecule has 2 aliphatic heterocycles. The highest BCUT2D eigenvalue weighted by Gasteiger charge is 2.42. The third-order valence-electron chi connectivity index (χ3n) is 4.47. The third-order valence-corrected chi connectivity index (χ3v) is 4.47. The molecule has 2 aromatic heterocycles. The van der Waals surface area contributed by atoms with E-state index in [1.807, 2.05) is 11.9 Å². The number of hydrogen-bond donors (Lipinski definition) is 1. The highest BCUT2D eigenvalue weighted by molar-refractivity contribution is 5.85. The normalized spacial score (nSPS) is 26.4. The first kappa shape index (κ1) is 11.6. The van der Waals surface area contributed by atoms with Crippen molar-refractivity contribution in [2.75, 3.05) is 31.6 Å². The Bertz CT molecular complexity index is 668. The number of fused-ring (bicyclic) bond motifs is 2. The zero-order valence-corrected chi connectivity index (χ0v) is 11.3. The number of aromatic nitrogens is 4. The van der Waals surface area contributed by atoms with Crippen LogP contribution in [0.4, 0.5) is 5.82 Å². The van der Waals surface area contributed by atoms with Crippen LogP contribution in [0.2, 0.25) is 0 Å². The number of anilines is 1. The van der Waals surface area contributed by atoms with Gasteiger partial charge in [0.05, 0.1) is 12.2 Å². The molecule has 0 aromatic carbocycles. The van der Waals surface area contributed by atoms with E-state index in [9.17, 15) is 4.79 Å². The predicted octanol–water partition coefficient (Wildman–Crippen LogP) is 0.267. The Balaban J connectivity index is 1.68. The van der Waals surface area contributed by atoms with Crippen molar-refractivity contribution in [3.63, 3.8) is 0 Å². The van der Waals surface area contributed by atoms with Crippen LogP contribution in [0.3, 0.4) is 0 Å². The molecule has 2 fully saturated rings. The molecule has 0 radical (unpaired) electrons. The monoisotopic (exact) mass is 272 g/mol. The van der Waals surface area contributed by atoms with Crippen LogP contribution in [0.1, 0.15) is 6.42 Å². The second-order valence-corrected chi connectivity index (χ2v) is 5.62. The Kier molecular flexibility index (Phi) is 2.42. The van der Waals surface area contributed by atoms with Crippen molar-refractivity contribution in [2.45, 2.75) is 6.42 Å². The van der Waals surface area contributed by atoms with Gasteiger partial charge in [-0.15, -0.1) is 0 Å². The van der Waals surface area contributed by atoms with E-state index < -0.39 is 0 Å². The van der Waals surface area contributed by atoms with E-state index in [1.165, 1.54) is 6.33 Å².